The van der Waals surface area contributed by atoms with Crippen LogP contribution in [0.3, 0.4) is 0 Å². The number of hydrogen-bond acceptors (Lipinski definition) is 5. The van der Waals surface area contributed by atoms with Crippen LogP contribution in [0, 0.1) is 10.1 Å². The average molecular weight is 226 g/mol. The smallest absolute Gasteiger partial charge is 0.269 e. The summed E-state index contributed by atoms with van der Waals surface area (Å²) in [6.07, 6.45) is 0. The number of benzene rings is 1. The molecule has 0 radical (unpaired) electrons. The predicted octanol–water partition coefficient (Wildman–Crippen LogP) is 1.21. The van der Waals surface area contributed by atoms with Gasteiger partial charge >= 0.3 is 0 Å². The number of nitro groups is 1. The molecule has 80 valence electrons. The Morgan fingerprint density at radius 1 is 1.53 bits per heavy atom. The van der Waals surface area contributed by atoms with Gasteiger partial charge in [0.15, 0.2) is 0 Å². The number of non-ortho nitro benzene ring substituents is 1. The molecule has 0 saturated carbocycles. The van der Waals surface area contributed by atoms with E-state index in [0.29, 0.717) is 17.3 Å². The van der Waals surface area contributed by atoms with E-state index in [0.717, 1.165) is 0 Å². The second-order valence-electron chi connectivity index (χ2n) is 2.68. The van der Waals surface area contributed by atoms with Gasteiger partial charge in [0.25, 0.3) is 5.69 Å². The normalized spacial score (nSPS) is 11.1. The number of hydrogen-bond donors (Lipinski definition) is 3. The van der Waals surface area contributed by atoms with Crippen molar-refractivity contribution in [1.29, 1.82) is 0 Å². The summed E-state index contributed by atoms with van der Waals surface area (Å²) in [5.41, 5.74) is 8.72. The maximum atomic E-state index is 10.4. The summed E-state index contributed by atoms with van der Waals surface area (Å²) >= 11 is 3.92. The van der Waals surface area contributed by atoms with Gasteiger partial charge in [-0.2, -0.15) is 17.7 Å². The van der Waals surface area contributed by atoms with Gasteiger partial charge in [0.2, 0.25) is 0 Å². The van der Waals surface area contributed by atoms with Gasteiger partial charge in [0.1, 0.15) is 5.84 Å². The van der Waals surface area contributed by atoms with E-state index in [1.807, 2.05) is 0 Å². The molecule has 0 heterocycles. The predicted molar refractivity (Wildman–Crippen MR) is 62.2 cm³/mol. The molecule has 7 heteroatoms. The second-order valence-corrected chi connectivity index (χ2v) is 2.99. The number of nitrogens with zero attached hydrogens (tertiary/aromatic N) is 2. The van der Waals surface area contributed by atoms with Crippen molar-refractivity contribution >= 4 is 29.8 Å². The SMILES string of the molecule is N/C(CS)=N/Nc1ccc([N+](=O)[O-])cc1. The number of anilines is 1. The Morgan fingerprint density at radius 3 is 2.60 bits per heavy atom. The number of amidine groups is 1. The van der Waals surface area contributed by atoms with Crippen molar-refractivity contribution in [3.05, 3.63) is 34.4 Å². The zero-order chi connectivity index (χ0) is 11.3. The van der Waals surface area contributed by atoms with Crippen molar-refractivity contribution in [1.82, 2.24) is 0 Å². The molecule has 1 aromatic carbocycles. The summed E-state index contributed by atoms with van der Waals surface area (Å²) < 4.78 is 0. The highest BCUT2D eigenvalue weighted by Crippen LogP contribution is 2.15. The molecule has 0 aliphatic carbocycles. The fourth-order valence-electron chi connectivity index (χ4n) is 0.829. The fraction of sp³-hybridized carbons (Fsp3) is 0.125. The van der Waals surface area contributed by atoms with Gasteiger partial charge in [-0.05, 0) is 12.1 Å². The van der Waals surface area contributed by atoms with Crippen LogP contribution in [0.2, 0.25) is 0 Å². The minimum Gasteiger partial charge on any atom is -0.385 e. The van der Waals surface area contributed by atoms with Gasteiger partial charge in [-0.3, -0.25) is 15.5 Å². The number of rotatable bonds is 4. The lowest BCUT2D eigenvalue weighted by molar-refractivity contribution is -0.384. The van der Waals surface area contributed by atoms with Crippen LogP contribution in [0.15, 0.2) is 29.4 Å². The molecule has 0 aliphatic rings. The average Bonchev–Trinajstić information content (AvgIpc) is 2.26. The van der Waals surface area contributed by atoms with Gasteiger partial charge in [-0.15, -0.1) is 0 Å². The van der Waals surface area contributed by atoms with Crippen LogP contribution in [-0.2, 0) is 0 Å². The second kappa shape index (κ2) is 5.20. The van der Waals surface area contributed by atoms with Crippen molar-refractivity contribution in [3.8, 4) is 0 Å². The number of nitrogens with one attached hydrogen (secondary N) is 1. The maximum absolute atomic E-state index is 10.4. The Kier molecular flexibility index (Phi) is 3.92. The first-order valence-electron chi connectivity index (χ1n) is 4.07. The van der Waals surface area contributed by atoms with Crippen molar-refractivity contribution in [2.45, 2.75) is 0 Å². The van der Waals surface area contributed by atoms with Crippen molar-refractivity contribution in [3.63, 3.8) is 0 Å². The molecule has 0 aliphatic heterocycles. The number of nitrogens with two attached hydrogens (primary N) is 1. The van der Waals surface area contributed by atoms with E-state index in [2.05, 4.69) is 23.2 Å². The third-order valence-corrected chi connectivity index (χ3v) is 1.89. The van der Waals surface area contributed by atoms with Gasteiger partial charge < -0.3 is 5.73 Å². The highest BCUT2D eigenvalue weighted by atomic mass is 32.1. The van der Waals surface area contributed by atoms with Gasteiger partial charge in [0.05, 0.1) is 10.6 Å². The lowest BCUT2D eigenvalue weighted by Gasteiger charge is -2.00. The first-order valence-corrected chi connectivity index (χ1v) is 4.70. The molecule has 1 rings (SSSR count). The van der Waals surface area contributed by atoms with Crippen molar-refractivity contribution in [2.24, 2.45) is 10.8 Å². The number of hydrazone groups is 1. The largest absolute Gasteiger partial charge is 0.385 e. The number of nitro benzene ring substituents is 1. The van der Waals surface area contributed by atoms with Gasteiger partial charge in [-0.1, -0.05) is 0 Å². The standard InChI is InChI=1S/C8H10N4O2S/c9-8(5-15)11-10-6-1-3-7(4-2-6)12(13)14/h1-4,10,15H,5H2,(H2,9,11). The van der Waals surface area contributed by atoms with E-state index in [1.54, 1.807) is 12.1 Å². The Labute approximate surface area is 91.7 Å². The van der Waals surface area contributed by atoms with E-state index >= 15 is 0 Å². The Hall–Kier alpha value is -1.76. The van der Waals surface area contributed by atoms with Crippen LogP contribution in [-0.4, -0.2) is 16.5 Å². The molecule has 0 unspecified atom stereocenters. The van der Waals surface area contributed by atoms with E-state index in [-0.39, 0.29) is 5.69 Å². The van der Waals surface area contributed by atoms with E-state index < -0.39 is 4.92 Å². The topological polar surface area (TPSA) is 93.5 Å². The Balaban J connectivity index is 2.69. The Bertz CT molecular complexity index is 377. The summed E-state index contributed by atoms with van der Waals surface area (Å²) in [4.78, 5) is 9.89. The molecule has 1 aromatic rings. The van der Waals surface area contributed by atoms with Crippen LogP contribution in [0.25, 0.3) is 0 Å². The van der Waals surface area contributed by atoms with Crippen LogP contribution < -0.4 is 11.2 Å². The minimum absolute atomic E-state index is 0.0340. The highest BCUT2D eigenvalue weighted by Gasteiger charge is 2.02. The van der Waals surface area contributed by atoms with E-state index in [4.69, 9.17) is 5.73 Å². The molecule has 0 spiro atoms. The third kappa shape index (κ3) is 3.47. The summed E-state index contributed by atoms with van der Waals surface area (Å²) in [5, 5.41) is 14.1. The van der Waals surface area contributed by atoms with Gasteiger partial charge in [-0.25, -0.2) is 0 Å². The number of thiol groups is 1. The van der Waals surface area contributed by atoms with Crippen LogP contribution in [0.4, 0.5) is 11.4 Å². The summed E-state index contributed by atoms with van der Waals surface area (Å²) in [6.45, 7) is 0. The molecule has 0 atom stereocenters. The van der Waals surface area contributed by atoms with Crippen LogP contribution in [0.5, 0.6) is 0 Å². The first-order chi connectivity index (χ1) is 7.13. The first kappa shape index (κ1) is 11.3. The molecule has 15 heavy (non-hydrogen) atoms. The molecular formula is C8H10N4O2S. The molecule has 0 saturated heterocycles. The highest BCUT2D eigenvalue weighted by molar-refractivity contribution is 7.81. The molecule has 0 fully saturated rings. The quantitative estimate of drug-likeness (QED) is 0.236. The maximum Gasteiger partial charge on any atom is 0.269 e. The van der Waals surface area contributed by atoms with E-state index in [9.17, 15) is 10.1 Å². The summed E-state index contributed by atoms with van der Waals surface area (Å²) in [6, 6.07) is 5.87. The van der Waals surface area contributed by atoms with Crippen LogP contribution >= 0.6 is 12.6 Å². The molecule has 0 amide bonds. The zero-order valence-corrected chi connectivity index (χ0v) is 8.65. The lowest BCUT2D eigenvalue weighted by Crippen LogP contribution is -2.15. The van der Waals surface area contributed by atoms with E-state index in [1.165, 1.54) is 12.1 Å². The zero-order valence-electron chi connectivity index (χ0n) is 7.75. The summed E-state index contributed by atoms with van der Waals surface area (Å²) in [5.74, 6) is 0.691. The molecule has 0 aromatic heterocycles. The summed E-state index contributed by atoms with van der Waals surface area (Å²) in [7, 11) is 0. The third-order valence-electron chi connectivity index (χ3n) is 1.57. The molecule has 6 nitrogen and oxygen atoms in total. The lowest BCUT2D eigenvalue weighted by atomic mass is 10.3. The van der Waals surface area contributed by atoms with Crippen molar-refractivity contribution in [2.75, 3.05) is 11.2 Å². The molecular weight excluding hydrogens is 216 g/mol. The molecule has 0 bridgehead atoms. The Morgan fingerprint density at radius 2 is 2.13 bits per heavy atom. The van der Waals surface area contributed by atoms with Crippen LogP contribution in [0.1, 0.15) is 0 Å². The fourth-order valence-corrected chi connectivity index (χ4v) is 0.900. The molecule has 3 N–H and O–H groups in total. The van der Waals surface area contributed by atoms with Crippen molar-refractivity contribution < 1.29 is 4.92 Å². The van der Waals surface area contributed by atoms with Gasteiger partial charge in [0, 0.05) is 17.9 Å². The minimum atomic E-state index is -0.463. The monoisotopic (exact) mass is 226 g/mol.